The minimum absolute atomic E-state index is 0.256. The lowest BCUT2D eigenvalue weighted by atomic mass is 9.80. The zero-order valence-corrected chi connectivity index (χ0v) is 16.1. The Kier molecular flexibility index (Phi) is 3.92. The van der Waals surface area contributed by atoms with E-state index in [-0.39, 0.29) is 13.2 Å². The number of aliphatic imine (C=N–C) groups is 1. The molecule has 1 spiro atoms. The summed E-state index contributed by atoms with van der Waals surface area (Å²) < 4.78 is 26.8. The zero-order chi connectivity index (χ0) is 19.3. The third kappa shape index (κ3) is 2.60. The average Bonchev–Trinajstić information content (AvgIpc) is 2.69. The van der Waals surface area contributed by atoms with Gasteiger partial charge in [0, 0.05) is 28.0 Å². The van der Waals surface area contributed by atoms with Crippen molar-refractivity contribution < 1.29 is 13.9 Å². The normalized spacial score (nSPS) is 20.1. The van der Waals surface area contributed by atoms with Crippen LogP contribution in [0.1, 0.15) is 11.1 Å². The van der Waals surface area contributed by atoms with Crippen molar-refractivity contribution in [2.45, 2.75) is 5.54 Å². The van der Waals surface area contributed by atoms with Crippen LogP contribution >= 0.6 is 15.9 Å². The molecule has 0 saturated carbocycles. The maximum Gasteiger partial charge on any atom is 0.225 e. The van der Waals surface area contributed by atoms with Gasteiger partial charge >= 0.3 is 0 Å². The van der Waals surface area contributed by atoms with Crippen molar-refractivity contribution >= 4 is 21.8 Å². The highest BCUT2D eigenvalue weighted by atomic mass is 79.9. The van der Waals surface area contributed by atoms with E-state index in [1.807, 2.05) is 12.1 Å². The Hall–Kier alpha value is -2.84. The van der Waals surface area contributed by atoms with Crippen molar-refractivity contribution in [3.05, 3.63) is 70.3 Å². The van der Waals surface area contributed by atoms with E-state index in [9.17, 15) is 4.39 Å². The predicted molar refractivity (Wildman–Crippen MR) is 105 cm³/mol. The molecule has 0 bridgehead atoms. The first-order valence-corrected chi connectivity index (χ1v) is 9.37. The molecule has 0 fully saturated rings. The Morgan fingerprint density at radius 1 is 1.14 bits per heavy atom. The molecule has 6 nitrogen and oxygen atoms in total. The summed E-state index contributed by atoms with van der Waals surface area (Å²) in [5.74, 6) is 0.861. The summed E-state index contributed by atoms with van der Waals surface area (Å²) in [6, 6.07) is 10.7. The van der Waals surface area contributed by atoms with Crippen molar-refractivity contribution in [2.24, 2.45) is 10.7 Å². The fourth-order valence-electron chi connectivity index (χ4n) is 3.65. The molecule has 2 aliphatic heterocycles. The second kappa shape index (κ2) is 6.35. The minimum Gasteiger partial charge on any atom is -0.438 e. The fourth-order valence-corrected chi connectivity index (χ4v) is 3.98. The van der Waals surface area contributed by atoms with Gasteiger partial charge in [-0.2, -0.15) is 4.39 Å². The van der Waals surface area contributed by atoms with Crippen LogP contribution in [-0.4, -0.2) is 29.0 Å². The van der Waals surface area contributed by atoms with Crippen LogP contribution in [0.4, 0.5) is 4.39 Å². The van der Waals surface area contributed by atoms with E-state index in [1.165, 1.54) is 6.20 Å². The summed E-state index contributed by atoms with van der Waals surface area (Å²) in [6.07, 6.45) is 3.08. The summed E-state index contributed by atoms with van der Waals surface area (Å²) in [5, 5.41) is 0. The molecule has 1 aromatic carbocycles. The van der Waals surface area contributed by atoms with Gasteiger partial charge in [-0.05, 0) is 51.8 Å². The van der Waals surface area contributed by atoms with Crippen LogP contribution in [-0.2, 0) is 10.3 Å². The molecule has 2 aromatic heterocycles. The SMILES string of the molecule is NC1=N[C@@]2(COC1)c1cc(-c3cccnc3F)ccc1Oc1ncc(Br)cc12. The number of nitrogens with two attached hydrogens (primary N) is 1. The monoisotopic (exact) mass is 440 g/mol. The molecule has 0 unspecified atom stereocenters. The highest BCUT2D eigenvalue weighted by Crippen LogP contribution is 2.50. The summed E-state index contributed by atoms with van der Waals surface area (Å²) in [6.45, 7) is 0.528. The Morgan fingerprint density at radius 2 is 2.04 bits per heavy atom. The number of hydrogen-bond acceptors (Lipinski definition) is 6. The van der Waals surface area contributed by atoms with Crippen LogP contribution in [0.25, 0.3) is 11.1 Å². The van der Waals surface area contributed by atoms with Crippen molar-refractivity contribution in [2.75, 3.05) is 13.2 Å². The van der Waals surface area contributed by atoms with Crippen LogP contribution < -0.4 is 10.5 Å². The van der Waals surface area contributed by atoms with Crippen LogP contribution in [0.2, 0.25) is 0 Å². The molecule has 5 rings (SSSR count). The number of halogens is 2. The number of aromatic nitrogens is 2. The van der Waals surface area contributed by atoms with Crippen molar-refractivity contribution in [1.82, 2.24) is 9.97 Å². The zero-order valence-electron chi connectivity index (χ0n) is 14.5. The highest BCUT2D eigenvalue weighted by Gasteiger charge is 2.45. The maximum atomic E-state index is 14.3. The maximum absolute atomic E-state index is 14.3. The number of pyridine rings is 2. The van der Waals surface area contributed by atoms with Crippen LogP contribution in [0, 0.1) is 5.95 Å². The Morgan fingerprint density at radius 3 is 2.86 bits per heavy atom. The lowest BCUT2D eigenvalue weighted by molar-refractivity contribution is 0.109. The molecule has 0 saturated heterocycles. The standard InChI is InChI=1S/C20H14BrFN4O2/c21-12-7-15-19(25-8-12)28-16-4-3-11(13-2-1-5-24-18(13)22)6-14(16)20(15)10-27-9-17(23)26-20/h1-8H,9-10H2,(H2,23,26)/t20-/m0/s1. The number of nitrogens with zero attached hydrogens (tertiary/aromatic N) is 3. The summed E-state index contributed by atoms with van der Waals surface area (Å²) >= 11 is 3.46. The molecule has 0 radical (unpaired) electrons. The minimum atomic E-state index is -0.920. The quantitative estimate of drug-likeness (QED) is 0.582. The number of fused-ring (bicyclic) bond motifs is 4. The molecule has 2 N–H and O–H groups in total. The van der Waals surface area contributed by atoms with Gasteiger partial charge in [0.25, 0.3) is 0 Å². The Labute approximate surface area is 168 Å². The lowest BCUT2D eigenvalue weighted by Crippen LogP contribution is -2.42. The van der Waals surface area contributed by atoms with E-state index in [2.05, 4.69) is 25.9 Å². The summed E-state index contributed by atoms with van der Waals surface area (Å²) in [5.41, 5.74) is 7.66. The molecule has 4 heterocycles. The smallest absolute Gasteiger partial charge is 0.225 e. The second-order valence-electron chi connectivity index (χ2n) is 6.62. The van der Waals surface area contributed by atoms with Gasteiger partial charge in [0.15, 0.2) is 0 Å². The Balaban J connectivity index is 1.78. The van der Waals surface area contributed by atoms with E-state index in [1.54, 1.807) is 30.5 Å². The van der Waals surface area contributed by atoms with Crippen LogP contribution in [0.15, 0.2) is 58.3 Å². The average molecular weight is 441 g/mol. The van der Waals surface area contributed by atoms with Gasteiger partial charge in [0.2, 0.25) is 11.8 Å². The lowest BCUT2D eigenvalue weighted by Gasteiger charge is -2.38. The molecule has 8 heteroatoms. The molecule has 0 aliphatic carbocycles. The summed E-state index contributed by atoms with van der Waals surface area (Å²) in [4.78, 5) is 12.9. The predicted octanol–water partition coefficient (Wildman–Crippen LogP) is 3.78. The first-order chi connectivity index (χ1) is 13.6. The molecule has 0 amide bonds. The first-order valence-electron chi connectivity index (χ1n) is 8.58. The van der Waals surface area contributed by atoms with Gasteiger partial charge in [0.05, 0.1) is 12.2 Å². The van der Waals surface area contributed by atoms with Crippen molar-refractivity contribution in [3.63, 3.8) is 0 Å². The number of ether oxygens (including phenoxy) is 2. The third-order valence-electron chi connectivity index (χ3n) is 4.86. The van der Waals surface area contributed by atoms with Crippen molar-refractivity contribution in [3.8, 4) is 22.8 Å². The van der Waals surface area contributed by atoms with Crippen LogP contribution in [0.3, 0.4) is 0 Å². The van der Waals surface area contributed by atoms with Gasteiger partial charge in [-0.1, -0.05) is 6.07 Å². The van der Waals surface area contributed by atoms with E-state index in [0.717, 1.165) is 15.6 Å². The second-order valence-corrected chi connectivity index (χ2v) is 7.53. The fraction of sp³-hybridized carbons (Fsp3) is 0.150. The first kappa shape index (κ1) is 17.3. The molecule has 2 aliphatic rings. The van der Waals surface area contributed by atoms with E-state index in [4.69, 9.17) is 20.2 Å². The van der Waals surface area contributed by atoms with Gasteiger partial charge < -0.3 is 15.2 Å². The van der Waals surface area contributed by atoms with Crippen molar-refractivity contribution in [1.29, 1.82) is 0 Å². The van der Waals surface area contributed by atoms with Gasteiger partial charge in [0.1, 0.15) is 23.7 Å². The van der Waals surface area contributed by atoms with Gasteiger partial charge in [-0.25, -0.2) is 9.97 Å². The van der Waals surface area contributed by atoms with Gasteiger partial charge in [-0.15, -0.1) is 0 Å². The van der Waals surface area contributed by atoms with Crippen LogP contribution in [0.5, 0.6) is 11.6 Å². The highest BCUT2D eigenvalue weighted by molar-refractivity contribution is 9.10. The molecule has 1 atom stereocenters. The van der Waals surface area contributed by atoms with E-state index < -0.39 is 11.5 Å². The molecule has 140 valence electrons. The third-order valence-corrected chi connectivity index (χ3v) is 5.29. The number of benzene rings is 1. The summed E-state index contributed by atoms with van der Waals surface area (Å²) in [7, 11) is 0. The van der Waals surface area contributed by atoms with Gasteiger partial charge in [-0.3, -0.25) is 4.99 Å². The molecular weight excluding hydrogens is 427 g/mol. The Bertz CT molecular complexity index is 1140. The molecule has 28 heavy (non-hydrogen) atoms. The van der Waals surface area contributed by atoms with E-state index >= 15 is 0 Å². The number of amidine groups is 1. The number of hydrogen-bond donors (Lipinski definition) is 1. The number of rotatable bonds is 1. The topological polar surface area (TPSA) is 82.6 Å². The molecular formula is C20H14BrFN4O2. The largest absolute Gasteiger partial charge is 0.438 e. The van der Waals surface area contributed by atoms with E-state index in [0.29, 0.717) is 28.6 Å². The molecule has 3 aromatic rings.